The molecule has 0 aliphatic carbocycles. The maximum Gasteiger partial charge on any atom is 0.0629 e. The van der Waals surface area contributed by atoms with Crippen molar-refractivity contribution in [2.75, 3.05) is 0 Å². The second kappa shape index (κ2) is 3.19. The highest BCUT2D eigenvalue weighted by molar-refractivity contribution is 5.02. The molecule has 0 aromatic carbocycles. The predicted molar refractivity (Wildman–Crippen MR) is 53.0 cm³/mol. The summed E-state index contributed by atoms with van der Waals surface area (Å²) in [6.07, 6.45) is 2.37. The molecule has 0 bridgehead atoms. The minimum atomic E-state index is 0.270. The number of hydrogen-bond acceptors (Lipinski definition) is 2. The molecule has 12 heavy (non-hydrogen) atoms. The second-order valence-electron chi connectivity index (χ2n) is 4.68. The molecule has 2 heteroatoms. The van der Waals surface area contributed by atoms with E-state index in [0.717, 1.165) is 0 Å². The molecule has 2 N–H and O–H groups in total. The molecule has 1 aliphatic heterocycles. The van der Waals surface area contributed by atoms with Gasteiger partial charge in [-0.05, 0) is 12.3 Å². The highest BCUT2D eigenvalue weighted by Crippen LogP contribution is 2.22. The smallest absolute Gasteiger partial charge is 0.0629 e. The Kier molecular flexibility index (Phi) is 2.59. The lowest BCUT2D eigenvalue weighted by atomic mass is 9.93. The molecule has 0 spiro atoms. The largest absolute Gasteiger partial charge is 0.297 e. The Morgan fingerprint density at radius 3 is 2.08 bits per heavy atom. The third-order valence-electron chi connectivity index (χ3n) is 2.45. The Morgan fingerprint density at radius 1 is 1.25 bits per heavy atom. The van der Waals surface area contributed by atoms with Crippen LogP contribution in [0.4, 0.5) is 0 Å². The summed E-state index contributed by atoms with van der Waals surface area (Å²) < 4.78 is 0. The fourth-order valence-electron chi connectivity index (χ4n) is 1.52. The van der Waals surface area contributed by atoms with E-state index in [4.69, 9.17) is 0 Å². The lowest BCUT2D eigenvalue weighted by molar-refractivity contribution is 0.265. The van der Waals surface area contributed by atoms with Gasteiger partial charge in [0.05, 0.1) is 6.17 Å². The van der Waals surface area contributed by atoms with Crippen molar-refractivity contribution in [3.8, 4) is 0 Å². The van der Waals surface area contributed by atoms with Crippen LogP contribution < -0.4 is 10.6 Å². The van der Waals surface area contributed by atoms with Crippen LogP contribution in [0.5, 0.6) is 0 Å². The fraction of sp³-hybridized carbons (Fsp3) is 0.800. The summed E-state index contributed by atoms with van der Waals surface area (Å²) in [6.45, 7) is 12.7. The van der Waals surface area contributed by atoms with E-state index < -0.39 is 0 Å². The third-order valence-corrected chi connectivity index (χ3v) is 2.45. The Bertz CT molecular complexity index is 169. The van der Waals surface area contributed by atoms with Crippen molar-refractivity contribution in [3.63, 3.8) is 0 Å². The lowest BCUT2D eigenvalue weighted by Gasteiger charge is -2.27. The SMILES string of the molecule is C=CC1NC(C(C)(C)C)NC1C. The average Bonchev–Trinajstić information content (AvgIpc) is 2.29. The molecule has 1 rings (SSSR count). The molecule has 0 amide bonds. The fourth-order valence-corrected chi connectivity index (χ4v) is 1.52. The highest BCUT2D eigenvalue weighted by Gasteiger charge is 2.34. The van der Waals surface area contributed by atoms with E-state index in [1.165, 1.54) is 0 Å². The molecular weight excluding hydrogens is 148 g/mol. The maximum atomic E-state index is 3.81. The van der Waals surface area contributed by atoms with Gasteiger partial charge in [-0.15, -0.1) is 6.58 Å². The van der Waals surface area contributed by atoms with E-state index in [0.29, 0.717) is 18.2 Å². The number of nitrogens with one attached hydrogen (secondary N) is 2. The van der Waals surface area contributed by atoms with E-state index in [1.54, 1.807) is 0 Å². The van der Waals surface area contributed by atoms with Crippen molar-refractivity contribution < 1.29 is 0 Å². The first-order chi connectivity index (χ1) is 5.45. The van der Waals surface area contributed by atoms with Gasteiger partial charge in [-0.3, -0.25) is 10.6 Å². The molecule has 1 fully saturated rings. The van der Waals surface area contributed by atoms with Gasteiger partial charge < -0.3 is 0 Å². The van der Waals surface area contributed by atoms with Gasteiger partial charge in [-0.1, -0.05) is 26.8 Å². The molecule has 1 saturated heterocycles. The van der Waals surface area contributed by atoms with Gasteiger partial charge >= 0.3 is 0 Å². The molecule has 1 aliphatic rings. The van der Waals surface area contributed by atoms with Crippen LogP contribution in [-0.2, 0) is 0 Å². The van der Waals surface area contributed by atoms with Gasteiger partial charge in [0, 0.05) is 12.1 Å². The molecule has 0 saturated carbocycles. The Morgan fingerprint density at radius 2 is 1.83 bits per heavy atom. The summed E-state index contributed by atoms with van der Waals surface area (Å²) in [5, 5.41) is 7.01. The summed E-state index contributed by atoms with van der Waals surface area (Å²) in [6, 6.07) is 0.904. The molecule has 3 atom stereocenters. The van der Waals surface area contributed by atoms with Crippen molar-refractivity contribution in [1.29, 1.82) is 0 Å². The topological polar surface area (TPSA) is 24.1 Å². The second-order valence-corrected chi connectivity index (χ2v) is 4.68. The Labute approximate surface area is 75.4 Å². The van der Waals surface area contributed by atoms with Crippen LogP contribution in [0.2, 0.25) is 0 Å². The van der Waals surface area contributed by atoms with Crippen LogP contribution in [0.1, 0.15) is 27.7 Å². The van der Waals surface area contributed by atoms with Crippen LogP contribution in [-0.4, -0.2) is 18.2 Å². The van der Waals surface area contributed by atoms with Gasteiger partial charge in [0.15, 0.2) is 0 Å². The number of rotatable bonds is 1. The molecule has 1 heterocycles. The van der Waals surface area contributed by atoms with Crippen LogP contribution in [0.3, 0.4) is 0 Å². The highest BCUT2D eigenvalue weighted by atomic mass is 15.2. The molecule has 0 radical (unpaired) electrons. The lowest BCUT2D eigenvalue weighted by Crippen LogP contribution is -2.44. The quantitative estimate of drug-likeness (QED) is 0.580. The van der Waals surface area contributed by atoms with Gasteiger partial charge in [0.1, 0.15) is 0 Å². The van der Waals surface area contributed by atoms with Crippen molar-refractivity contribution in [1.82, 2.24) is 10.6 Å². The zero-order valence-electron chi connectivity index (χ0n) is 8.52. The van der Waals surface area contributed by atoms with E-state index >= 15 is 0 Å². The predicted octanol–water partition coefficient (Wildman–Crippen LogP) is 1.49. The van der Waals surface area contributed by atoms with Gasteiger partial charge in [-0.2, -0.15) is 0 Å². The molecule has 2 nitrogen and oxygen atoms in total. The summed E-state index contributed by atoms with van der Waals surface area (Å²) in [7, 11) is 0. The molecule has 3 unspecified atom stereocenters. The normalized spacial score (nSPS) is 36.8. The molecular formula is C10H20N2. The first-order valence-electron chi connectivity index (χ1n) is 4.60. The minimum absolute atomic E-state index is 0.270. The maximum absolute atomic E-state index is 3.81. The molecule has 0 aromatic heterocycles. The minimum Gasteiger partial charge on any atom is -0.297 e. The number of hydrogen-bond donors (Lipinski definition) is 2. The zero-order valence-corrected chi connectivity index (χ0v) is 8.52. The van der Waals surface area contributed by atoms with Crippen molar-refractivity contribution in [3.05, 3.63) is 12.7 Å². The summed E-state index contributed by atoms with van der Waals surface area (Å²) in [5.74, 6) is 0. The molecule has 70 valence electrons. The van der Waals surface area contributed by atoms with Crippen LogP contribution in [0, 0.1) is 5.41 Å². The summed E-state index contributed by atoms with van der Waals surface area (Å²) in [4.78, 5) is 0. The Hall–Kier alpha value is -0.340. The van der Waals surface area contributed by atoms with Crippen LogP contribution in [0.25, 0.3) is 0 Å². The van der Waals surface area contributed by atoms with E-state index in [-0.39, 0.29) is 5.41 Å². The van der Waals surface area contributed by atoms with Crippen molar-refractivity contribution in [2.24, 2.45) is 5.41 Å². The van der Waals surface area contributed by atoms with Gasteiger partial charge in [0.2, 0.25) is 0 Å². The van der Waals surface area contributed by atoms with E-state index in [1.807, 2.05) is 6.08 Å². The van der Waals surface area contributed by atoms with Gasteiger partial charge in [0.25, 0.3) is 0 Å². The third kappa shape index (κ3) is 1.87. The average molecular weight is 168 g/mol. The van der Waals surface area contributed by atoms with E-state index in [9.17, 15) is 0 Å². The van der Waals surface area contributed by atoms with Crippen LogP contribution >= 0.6 is 0 Å². The van der Waals surface area contributed by atoms with E-state index in [2.05, 4.69) is 44.9 Å². The zero-order chi connectivity index (χ0) is 9.35. The van der Waals surface area contributed by atoms with Crippen molar-refractivity contribution >= 4 is 0 Å². The van der Waals surface area contributed by atoms with Crippen LogP contribution in [0.15, 0.2) is 12.7 Å². The monoisotopic (exact) mass is 168 g/mol. The first kappa shape index (κ1) is 9.75. The summed E-state index contributed by atoms with van der Waals surface area (Å²) >= 11 is 0. The standard InChI is InChI=1S/C10H20N2/c1-6-8-7(2)11-9(12-8)10(3,4)5/h6-9,11-12H,1H2,2-5H3. The van der Waals surface area contributed by atoms with Crippen molar-refractivity contribution in [2.45, 2.75) is 45.9 Å². The molecule has 0 aromatic rings. The van der Waals surface area contributed by atoms with Gasteiger partial charge in [-0.25, -0.2) is 0 Å². The first-order valence-corrected chi connectivity index (χ1v) is 4.60. The Balaban J connectivity index is 2.60. The summed E-state index contributed by atoms with van der Waals surface area (Å²) in [5.41, 5.74) is 0.270.